The lowest BCUT2D eigenvalue weighted by Gasteiger charge is -2.45. The highest BCUT2D eigenvalue weighted by Gasteiger charge is 2.51. The molecule has 3 N–H and O–H groups in total. The van der Waals surface area contributed by atoms with Crippen LogP contribution in [-0.2, 0) is 83.0 Å². The second kappa shape index (κ2) is 37.6. The van der Waals surface area contributed by atoms with Crippen LogP contribution in [0.2, 0.25) is 5.02 Å². The first-order valence-electron chi connectivity index (χ1n) is 36.8. The van der Waals surface area contributed by atoms with E-state index >= 15 is 24.0 Å². The summed E-state index contributed by atoms with van der Waals surface area (Å²) in [6.45, 7) is 13.2. The zero-order valence-electron chi connectivity index (χ0n) is 65.4. The second-order valence-electron chi connectivity index (χ2n) is 30.1. The molecule has 2 aliphatic heterocycles. The van der Waals surface area contributed by atoms with Crippen molar-refractivity contribution in [3.63, 3.8) is 0 Å². The minimum absolute atomic E-state index is 0.0298. The van der Waals surface area contributed by atoms with E-state index in [0.29, 0.717) is 24.8 Å². The van der Waals surface area contributed by atoms with Gasteiger partial charge in [0.15, 0.2) is 0 Å². The Kier molecular flexibility index (Phi) is 30.6. The third-order valence-corrected chi connectivity index (χ3v) is 21.9. The first-order chi connectivity index (χ1) is 50.8. The van der Waals surface area contributed by atoms with E-state index in [1.807, 2.05) is 20.8 Å². The Bertz CT molecular complexity index is 3780. The van der Waals surface area contributed by atoms with Crippen LogP contribution in [0.4, 0.5) is 26.3 Å². The lowest BCUT2D eigenvalue weighted by molar-refractivity contribution is -0.274. The number of aryl methyl sites for hydroxylation is 2. The number of alkyl halides is 6. The first-order valence-corrected chi connectivity index (χ1v) is 37.2. The second-order valence-corrected chi connectivity index (χ2v) is 30.5. The number of nitrogens with one attached hydrogen (secondary N) is 3. The first kappa shape index (κ1) is 88.9. The lowest BCUT2D eigenvalue weighted by Crippen LogP contribution is -2.65. The van der Waals surface area contributed by atoms with Crippen LogP contribution in [0.1, 0.15) is 140 Å². The summed E-state index contributed by atoms with van der Waals surface area (Å²) >= 11 is 6.17. The summed E-state index contributed by atoms with van der Waals surface area (Å²) in [7, 11) is 12.0. The number of halogens is 7. The molecule has 2 heterocycles. The van der Waals surface area contributed by atoms with Gasteiger partial charge in [0.25, 0.3) is 0 Å². The Morgan fingerprint density at radius 3 is 1.72 bits per heavy atom. The van der Waals surface area contributed by atoms with Crippen LogP contribution in [0.15, 0.2) is 66.7 Å². The van der Waals surface area contributed by atoms with Crippen LogP contribution in [0.3, 0.4) is 0 Å². The predicted octanol–water partition coefficient (Wildman–Crippen LogP) is 7.05. The molecule has 1 saturated carbocycles. The van der Waals surface area contributed by atoms with E-state index in [-0.39, 0.29) is 68.5 Å². The number of benzene rings is 3. The number of nitrogens with zero attached hydrogens (tertiary/aromatic N) is 9. The number of carbonyl (C=O) groups is 12. The highest BCUT2D eigenvalue weighted by molar-refractivity contribution is 6.31. The maximum atomic E-state index is 15.7. The molecule has 0 unspecified atom stereocenters. The molecular formula is C77H107ClF6N12O13. The van der Waals surface area contributed by atoms with Gasteiger partial charge < -0.3 is 64.8 Å². The molecule has 3 aromatic rings. The van der Waals surface area contributed by atoms with Gasteiger partial charge in [0, 0.05) is 82.8 Å². The average Bonchev–Trinajstić information content (AvgIpc) is 1.74. The fraction of sp³-hybridized carbons (Fsp3) is 0.610. The molecule has 0 radical (unpaired) electrons. The van der Waals surface area contributed by atoms with Gasteiger partial charge >= 0.3 is 12.5 Å². The molecule has 602 valence electrons. The van der Waals surface area contributed by atoms with Crippen molar-refractivity contribution in [2.24, 2.45) is 17.8 Å². The molecule has 1 aliphatic carbocycles. The Labute approximate surface area is 639 Å². The van der Waals surface area contributed by atoms with Crippen molar-refractivity contribution in [3.8, 4) is 5.75 Å². The summed E-state index contributed by atoms with van der Waals surface area (Å²) in [5.74, 6) is -11.7. The van der Waals surface area contributed by atoms with Crippen LogP contribution in [0.5, 0.6) is 5.75 Å². The molecule has 11 atom stereocenters. The monoisotopic (exact) mass is 1560 g/mol. The molecule has 109 heavy (non-hydrogen) atoms. The van der Waals surface area contributed by atoms with Gasteiger partial charge in [0.05, 0.1) is 23.6 Å². The topological polar surface area (TPSA) is 279 Å². The number of rotatable bonds is 15. The largest absolute Gasteiger partial charge is 0.573 e. The highest BCUT2D eigenvalue weighted by Crippen LogP contribution is 2.37. The lowest BCUT2D eigenvalue weighted by atomic mass is 9.90. The van der Waals surface area contributed by atoms with Gasteiger partial charge in [-0.25, -0.2) is 0 Å². The summed E-state index contributed by atoms with van der Waals surface area (Å²) in [6.07, 6.45) is -10.5. The highest BCUT2D eigenvalue weighted by atomic mass is 35.5. The zero-order chi connectivity index (χ0) is 81.8. The fourth-order valence-corrected chi connectivity index (χ4v) is 14.4. The Morgan fingerprint density at radius 2 is 1.20 bits per heavy atom. The maximum Gasteiger partial charge on any atom is 0.573 e. The summed E-state index contributed by atoms with van der Waals surface area (Å²) in [6, 6.07) is 1.59. The molecule has 32 heteroatoms. The standard InChI is InChI=1S/C77H107ClF6N12O13/c1-18-46(6)63-72(106)90(12)48(8)67(101)96-37-34-56(96)71(105)93(15)59(41-50-24-22-45(5)23-25-50)70(104)89(11)43-61(97)85-55(33-29-49-28-32-53(54(78)39-49)76(79,80)81)68(102)92(14)58(40-51-26-30-52(31-27-51)109-77(82,83)84)66(100)87-75(35-20-21-36-75)74(108)95(17)64(47(7)19-2)73(107)94(16)60(69(103)88(9)10)42-62(98)91(13)57(38-44(3)4)65(99)86-63/h22-28,30-32,39,44,46-48,55-60,63-64H,18-21,29,33-38,40-43H2,1-17H3,(H,85,97)(H,86,99)(H,87,100)/t46-,47-,48-,55-,56-,57-,58-,59-,60-,63-,64-/m0/s1. The van der Waals surface area contributed by atoms with Gasteiger partial charge in [0.1, 0.15) is 65.7 Å². The van der Waals surface area contributed by atoms with Crippen LogP contribution >= 0.6 is 11.6 Å². The third-order valence-electron chi connectivity index (χ3n) is 21.6. The van der Waals surface area contributed by atoms with Crippen LogP contribution in [0.25, 0.3) is 0 Å². The maximum absolute atomic E-state index is 15.7. The van der Waals surface area contributed by atoms with Gasteiger partial charge in [-0.05, 0) is 111 Å². The van der Waals surface area contributed by atoms with Crippen LogP contribution in [-0.4, -0.2) is 258 Å². The number of hydrogen-bond acceptors (Lipinski definition) is 13. The molecule has 3 aromatic carbocycles. The summed E-state index contributed by atoms with van der Waals surface area (Å²) in [5.41, 5.74) is -1.23. The molecule has 3 aliphatic rings. The molecule has 3 fully saturated rings. The number of hydrogen-bond donors (Lipinski definition) is 3. The number of amides is 12. The van der Waals surface area contributed by atoms with Crippen molar-refractivity contribution in [1.82, 2.24) is 60.0 Å². The van der Waals surface area contributed by atoms with E-state index in [9.17, 15) is 59.9 Å². The molecule has 0 bridgehead atoms. The Hall–Kier alpha value is -9.03. The van der Waals surface area contributed by atoms with Crippen LogP contribution in [0, 0.1) is 24.7 Å². The molecule has 6 rings (SSSR count). The predicted molar refractivity (Wildman–Crippen MR) is 394 cm³/mol. The van der Waals surface area contributed by atoms with E-state index in [2.05, 4.69) is 20.7 Å². The fourth-order valence-electron chi connectivity index (χ4n) is 14.1. The third kappa shape index (κ3) is 22.2. The van der Waals surface area contributed by atoms with Crippen LogP contribution < -0.4 is 20.7 Å². The number of ether oxygens (including phenoxy) is 1. The van der Waals surface area contributed by atoms with E-state index < -0.39 is 197 Å². The number of carbonyl (C=O) groups excluding carboxylic acids is 12. The van der Waals surface area contributed by atoms with Crippen molar-refractivity contribution in [2.75, 3.05) is 76.5 Å². The zero-order valence-corrected chi connectivity index (χ0v) is 66.1. The van der Waals surface area contributed by atoms with Crippen molar-refractivity contribution < 1.29 is 88.6 Å². The van der Waals surface area contributed by atoms with Crippen molar-refractivity contribution in [2.45, 2.75) is 211 Å². The van der Waals surface area contributed by atoms with Crippen molar-refractivity contribution in [1.29, 1.82) is 0 Å². The molecule has 12 amide bonds. The Balaban J connectivity index is 1.53. The Morgan fingerprint density at radius 1 is 0.642 bits per heavy atom. The van der Waals surface area contributed by atoms with E-state index in [0.717, 1.165) is 65.3 Å². The molecule has 25 nitrogen and oxygen atoms in total. The summed E-state index contributed by atoms with van der Waals surface area (Å²) in [5, 5.41) is 7.75. The number of likely N-dealkylation sites (N-methyl/N-ethyl adjacent to an activating group) is 8. The SMILES string of the molecule is CC[C@H](C)[C@@H]1NC(=O)[C@H](CC(C)C)N(C)C(=O)C[C@@H](C(=O)N(C)C)N(C)C(=O)[C@H]([C@@H](C)CC)N(C)C(=O)C2(CCCC2)NC(=O)[C@H](Cc2ccc(OC(F)(F)F)cc2)N(C)C(=O)[C@H](CCc2ccc(C(F)(F)F)c(Cl)c2)NC(=O)CN(C)C(=O)[C@H](Cc2ccc(C)cc2)N(C)C(=O)[C@@H]2CCN2C(=O)[C@H](C)N(C)C1=O. The summed E-state index contributed by atoms with van der Waals surface area (Å²) < 4.78 is 86.6. The molecule has 0 aromatic heterocycles. The van der Waals surface area contributed by atoms with E-state index in [4.69, 9.17) is 11.6 Å². The normalized spacial score (nSPS) is 24.4. The van der Waals surface area contributed by atoms with Crippen molar-refractivity contribution >= 4 is 82.5 Å². The minimum Gasteiger partial charge on any atom is -0.406 e. The minimum atomic E-state index is -5.10. The average molecular weight is 1560 g/mol. The quantitative estimate of drug-likeness (QED) is 0.129. The van der Waals surface area contributed by atoms with Gasteiger partial charge in [-0.15, -0.1) is 13.2 Å². The molecule has 2 saturated heterocycles. The smallest absolute Gasteiger partial charge is 0.406 e. The molecular weight excluding hydrogens is 1450 g/mol. The summed E-state index contributed by atoms with van der Waals surface area (Å²) in [4.78, 5) is 191. The molecule has 1 spiro atoms. The van der Waals surface area contributed by atoms with Gasteiger partial charge in [-0.2, -0.15) is 13.2 Å². The van der Waals surface area contributed by atoms with Gasteiger partial charge in [-0.3, -0.25) is 57.5 Å². The van der Waals surface area contributed by atoms with Gasteiger partial charge in [-0.1, -0.05) is 127 Å². The van der Waals surface area contributed by atoms with E-state index in [1.165, 1.54) is 97.2 Å². The number of fused-ring (bicyclic) bond motifs is 1. The van der Waals surface area contributed by atoms with Crippen molar-refractivity contribution in [3.05, 3.63) is 99.6 Å². The van der Waals surface area contributed by atoms with E-state index in [1.54, 1.807) is 52.0 Å². The van der Waals surface area contributed by atoms with Gasteiger partial charge in [0.2, 0.25) is 70.9 Å².